The highest BCUT2D eigenvalue weighted by Gasteiger charge is 2.24. The summed E-state index contributed by atoms with van der Waals surface area (Å²) in [6.45, 7) is 1.34. The topological polar surface area (TPSA) is 111 Å². The molecule has 4 aromatic rings. The van der Waals surface area contributed by atoms with Crippen LogP contribution >= 0.6 is 22.9 Å². The van der Waals surface area contributed by atoms with Crippen LogP contribution in [0.5, 0.6) is 17.2 Å². The molecule has 194 valence electrons. The number of aryl methyl sites for hydroxylation is 2. The van der Waals surface area contributed by atoms with Crippen LogP contribution in [0, 0.1) is 18.3 Å². The van der Waals surface area contributed by atoms with Crippen molar-refractivity contribution in [3.05, 3.63) is 67.1 Å². The van der Waals surface area contributed by atoms with Crippen molar-refractivity contribution in [1.82, 2.24) is 0 Å². The second kappa shape index (κ2) is 10.4. The highest BCUT2D eigenvalue weighted by molar-refractivity contribution is 7.16. The van der Waals surface area contributed by atoms with Crippen LogP contribution in [0.3, 0.4) is 0 Å². The van der Waals surface area contributed by atoms with Gasteiger partial charge in [0, 0.05) is 15.5 Å². The van der Waals surface area contributed by atoms with E-state index in [9.17, 15) is 14.9 Å². The summed E-state index contributed by atoms with van der Waals surface area (Å²) in [6, 6.07) is 10.4. The zero-order valence-corrected chi connectivity index (χ0v) is 22.5. The number of nitriles is 1. The van der Waals surface area contributed by atoms with Gasteiger partial charge in [-0.25, -0.2) is 0 Å². The zero-order valence-electron chi connectivity index (χ0n) is 20.9. The van der Waals surface area contributed by atoms with E-state index in [0.29, 0.717) is 38.2 Å². The van der Waals surface area contributed by atoms with Crippen LogP contribution in [-0.2, 0) is 17.6 Å². The summed E-state index contributed by atoms with van der Waals surface area (Å²) >= 11 is 7.69. The Kier molecular flexibility index (Phi) is 7.02. The monoisotopic (exact) mass is 550 g/mol. The van der Waals surface area contributed by atoms with E-state index in [1.54, 1.807) is 24.3 Å². The number of carbonyl (C=O) groups excluding carboxylic acids is 1. The summed E-state index contributed by atoms with van der Waals surface area (Å²) < 4.78 is 22.7. The summed E-state index contributed by atoms with van der Waals surface area (Å²) in [6.07, 6.45) is 2.74. The van der Waals surface area contributed by atoms with Gasteiger partial charge >= 0.3 is 0 Å². The lowest BCUT2D eigenvalue weighted by Gasteiger charge is -2.14. The maximum Gasteiger partial charge on any atom is 0.262 e. The molecule has 2 heterocycles. The van der Waals surface area contributed by atoms with Crippen LogP contribution in [0.4, 0.5) is 5.00 Å². The van der Waals surface area contributed by atoms with Crippen molar-refractivity contribution in [3.63, 3.8) is 0 Å². The predicted molar refractivity (Wildman–Crippen MR) is 146 cm³/mol. The lowest BCUT2D eigenvalue weighted by atomic mass is 10.1. The highest BCUT2D eigenvalue weighted by Crippen LogP contribution is 2.39. The molecule has 0 unspecified atom stereocenters. The number of nitrogens with one attached hydrogen (secondary N) is 1. The molecule has 0 spiro atoms. The van der Waals surface area contributed by atoms with Gasteiger partial charge in [0.1, 0.15) is 16.7 Å². The predicted octanol–water partition coefficient (Wildman–Crippen LogP) is 5.88. The lowest BCUT2D eigenvalue weighted by Crippen LogP contribution is -2.22. The van der Waals surface area contributed by atoms with E-state index < -0.39 is 17.9 Å². The number of rotatable bonds is 7. The number of nitrogens with zero attached hydrogens (tertiary/aromatic N) is 1. The van der Waals surface area contributed by atoms with E-state index in [1.165, 1.54) is 31.6 Å². The zero-order chi connectivity index (χ0) is 27.0. The number of anilines is 1. The maximum atomic E-state index is 13.6. The normalized spacial score (nSPS) is 12.2. The number of methoxy groups -OCH3 is 2. The first kappa shape index (κ1) is 25.6. The van der Waals surface area contributed by atoms with Crippen LogP contribution in [-0.4, -0.2) is 26.7 Å². The molecule has 0 saturated heterocycles. The van der Waals surface area contributed by atoms with Gasteiger partial charge in [0.25, 0.3) is 5.91 Å². The Morgan fingerprint density at radius 3 is 2.71 bits per heavy atom. The molecule has 0 aliphatic heterocycles. The number of amides is 1. The Hall–Kier alpha value is -4.00. The van der Waals surface area contributed by atoms with Crippen LogP contribution < -0.4 is 25.0 Å². The van der Waals surface area contributed by atoms with E-state index in [0.717, 1.165) is 35.3 Å². The standard InChI is InChI=1S/C28H23ClN2O6S/c1-14-9-21-17(11-19(14)29)25(33)27(26(37-21)15-7-8-20(34-2)22(10-15)35-3)36-13-24(32)31-28-18(12-30)16-5-4-6-23(16)38-28/h7-11H,4-6,13H2,1-3H3,(H,31,32). The Labute approximate surface area is 227 Å². The maximum absolute atomic E-state index is 13.6. The van der Waals surface area contributed by atoms with Crippen LogP contribution in [0.15, 0.2) is 39.5 Å². The Morgan fingerprint density at radius 2 is 1.97 bits per heavy atom. The molecule has 2 aromatic heterocycles. The fraction of sp³-hybridized carbons (Fsp3) is 0.250. The summed E-state index contributed by atoms with van der Waals surface area (Å²) in [4.78, 5) is 27.5. The minimum absolute atomic E-state index is 0.130. The third kappa shape index (κ3) is 4.57. The molecular formula is C28H23ClN2O6S. The van der Waals surface area contributed by atoms with Gasteiger partial charge in [-0.3, -0.25) is 9.59 Å². The third-order valence-corrected chi connectivity index (χ3v) is 8.02. The molecule has 0 bridgehead atoms. The minimum Gasteiger partial charge on any atom is -0.493 e. The fourth-order valence-corrected chi connectivity index (χ4v) is 5.93. The molecule has 8 nitrogen and oxygen atoms in total. The quantitative estimate of drug-likeness (QED) is 0.306. The largest absolute Gasteiger partial charge is 0.493 e. The van der Waals surface area contributed by atoms with E-state index in [2.05, 4.69) is 11.4 Å². The van der Waals surface area contributed by atoms with Gasteiger partial charge in [0.15, 0.2) is 23.9 Å². The van der Waals surface area contributed by atoms with Crippen LogP contribution in [0.2, 0.25) is 5.02 Å². The van der Waals surface area contributed by atoms with Gasteiger partial charge in [-0.05, 0) is 67.6 Å². The van der Waals surface area contributed by atoms with Crippen molar-refractivity contribution in [2.45, 2.75) is 26.2 Å². The first-order valence-electron chi connectivity index (χ1n) is 11.8. The summed E-state index contributed by atoms with van der Waals surface area (Å²) in [5, 5.41) is 13.5. The van der Waals surface area contributed by atoms with E-state index >= 15 is 0 Å². The number of carbonyl (C=O) groups is 1. The average molecular weight is 551 g/mol. The Balaban J connectivity index is 1.52. The Bertz CT molecular complexity index is 1680. The smallest absolute Gasteiger partial charge is 0.262 e. The van der Waals surface area contributed by atoms with Gasteiger partial charge in [-0.2, -0.15) is 5.26 Å². The van der Waals surface area contributed by atoms with Crippen LogP contribution in [0.25, 0.3) is 22.3 Å². The summed E-state index contributed by atoms with van der Waals surface area (Å²) in [5.41, 5.74) is 2.59. The lowest BCUT2D eigenvalue weighted by molar-refractivity contribution is -0.118. The first-order chi connectivity index (χ1) is 18.3. The molecule has 1 N–H and O–H groups in total. The number of hydrogen-bond donors (Lipinski definition) is 1. The second-order valence-corrected chi connectivity index (χ2v) is 10.3. The van der Waals surface area contributed by atoms with Gasteiger partial charge < -0.3 is 23.9 Å². The first-order valence-corrected chi connectivity index (χ1v) is 13.0. The second-order valence-electron chi connectivity index (χ2n) is 8.77. The van der Waals surface area contributed by atoms with Crippen molar-refractivity contribution < 1.29 is 23.4 Å². The molecule has 0 atom stereocenters. The van der Waals surface area contributed by atoms with Crippen molar-refractivity contribution >= 4 is 44.8 Å². The minimum atomic E-state index is -0.499. The van der Waals surface area contributed by atoms with Crippen LogP contribution in [0.1, 0.15) is 28.0 Å². The third-order valence-electron chi connectivity index (χ3n) is 6.41. The summed E-state index contributed by atoms with van der Waals surface area (Å²) in [5.74, 6) is 0.416. The fourth-order valence-electron chi connectivity index (χ4n) is 4.51. The number of ether oxygens (including phenoxy) is 3. The molecule has 5 rings (SSSR count). The number of hydrogen-bond acceptors (Lipinski definition) is 8. The molecule has 1 aliphatic rings. The average Bonchev–Trinajstić information content (AvgIpc) is 3.49. The molecule has 0 saturated carbocycles. The molecule has 10 heteroatoms. The van der Waals surface area contributed by atoms with Crippen molar-refractivity contribution in [2.24, 2.45) is 0 Å². The molecule has 1 amide bonds. The van der Waals surface area contributed by atoms with Gasteiger partial charge in [0.05, 0.1) is 25.2 Å². The Morgan fingerprint density at radius 1 is 1.18 bits per heavy atom. The van der Waals surface area contributed by atoms with Gasteiger partial charge in [-0.15, -0.1) is 11.3 Å². The molecule has 1 aliphatic carbocycles. The molecule has 0 radical (unpaired) electrons. The van der Waals surface area contributed by atoms with Gasteiger partial charge in [-0.1, -0.05) is 11.6 Å². The number of halogens is 1. The van der Waals surface area contributed by atoms with Crippen molar-refractivity contribution in [1.29, 1.82) is 5.26 Å². The SMILES string of the molecule is COc1ccc(-c2oc3cc(C)c(Cl)cc3c(=O)c2OCC(=O)Nc2sc3c(c2C#N)CCC3)cc1OC. The molecular weight excluding hydrogens is 528 g/mol. The van der Waals surface area contributed by atoms with Gasteiger partial charge in [0.2, 0.25) is 11.2 Å². The molecule has 38 heavy (non-hydrogen) atoms. The van der Waals surface area contributed by atoms with E-state index in [-0.39, 0.29) is 16.9 Å². The molecule has 2 aromatic carbocycles. The number of thiophene rings is 1. The van der Waals surface area contributed by atoms with E-state index in [4.69, 9.17) is 30.2 Å². The molecule has 0 fully saturated rings. The van der Waals surface area contributed by atoms with Crippen molar-refractivity contribution in [2.75, 3.05) is 26.1 Å². The number of benzene rings is 2. The highest BCUT2D eigenvalue weighted by atomic mass is 35.5. The van der Waals surface area contributed by atoms with E-state index in [1.807, 2.05) is 6.92 Å². The number of fused-ring (bicyclic) bond motifs is 2. The van der Waals surface area contributed by atoms with Crippen molar-refractivity contribution in [3.8, 4) is 34.6 Å². The summed E-state index contributed by atoms with van der Waals surface area (Å²) in [7, 11) is 3.02.